The number of nitrogens with one attached hydrogen (secondary N) is 3. The molecule has 0 fully saturated rings. The van der Waals surface area contributed by atoms with Crippen molar-refractivity contribution >= 4 is 29.3 Å². The number of anilines is 1. The smallest absolute Gasteiger partial charge is 0.411 e. The molecule has 5 aromatic rings. The van der Waals surface area contributed by atoms with Crippen molar-refractivity contribution in [2.75, 3.05) is 12.4 Å². The SMILES string of the molecule is CCn1cc(C[C@H](NC(=O)CCc2cc(Cl)ccc2-n2cnnn2)c2ncc(-c3ccc(NC(=O)OC)cc3)[nH]2)cn1. The van der Waals surface area contributed by atoms with Crippen LogP contribution in [0.25, 0.3) is 16.9 Å². The number of methoxy groups -OCH3 is 1. The summed E-state index contributed by atoms with van der Waals surface area (Å²) in [6.07, 6.45) is 7.56. The molecule has 0 spiro atoms. The molecule has 0 unspecified atom stereocenters. The Kier molecular flexibility index (Phi) is 8.87. The first-order valence-corrected chi connectivity index (χ1v) is 13.6. The number of tetrazole rings is 1. The fraction of sp³-hybridized carbons (Fsp3) is 0.250. The number of imidazole rings is 1. The van der Waals surface area contributed by atoms with Gasteiger partial charge in [0, 0.05) is 36.3 Å². The second-order valence-electron chi connectivity index (χ2n) is 9.43. The largest absolute Gasteiger partial charge is 0.453 e. The van der Waals surface area contributed by atoms with Crippen LogP contribution < -0.4 is 10.6 Å². The van der Waals surface area contributed by atoms with E-state index >= 15 is 0 Å². The number of amides is 2. The summed E-state index contributed by atoms with van der Waals surface area (Å²) in [5, 5.41) is 22.1. The number of benzene rings is 2. The standard InChI is InChI=1S/C28H29ClN10O3/c1-3-38-16-18(14-32-38)12-23(27-30-15-24(35-27)19-4-8-22(9-5-19)33-28(41)42-2)34-26(40)11-6-20-13-21(29)7-10-25(20)39-17-31-36-37-39/h4-5,7-10,13-17,23H,3,6,11-12H2,1-2H3,(H,30,35)(H,33,41)(H,34,40)/t23-/m0/s1. The number of ether oxygens (including phenoxy) is 1. The maximum absolute atomic E-state index is 13.3. The molecule has 3 aromatic heterocycles. The highest BCUT2D eigenvalue weighted by Gasteiger charge is 2.20. The van der Waals surface area contributed by atoms with Gasteiger partial charge in [0.1, 0.15) is 12.2 Å². The van der Waals surface area contributed by atoms with Crippen LogP contribution in [0.3, 0.4) is 0 Å². The third-order valence-electron chi connectivity index (χ3n) is 6.60. The minimum Gasteiger partial charge on any atom is -0.453 e. The lowest BCUT2D eigenvalue weighted by atomic mass is 10.1. The highest BCUT2D eigenvalue weighted by atomic mass is 35.5. The van der Waals surface area contributed by atoms with Crippen LogP contribution in [0, 0.1) is 0 Å². The zero-order valence-corrected chi connectivity index (χ0v) is 23.7. The Morgan fingerprint density at radius 2 is 1.98 bits per heavy atom. The summed E-state index contributed by atoms with van der Waals surface area (Å²) in [6.45, 7) is 2.76. The number of carbonyl (C=O) groups excluding carboxylic acids is 2. The van der Waals surface area contributed by atoms with Gasteiger partial charge in [0.25, 0.3) is 0 Å². The number of hydrogen-bond acceptors (Lipinski definition) is 8. The first kappa shape index (κ1) is 28.5. The van der Waals surface area contributed by atoms with E-state index in [0.717, 1.165) is 34.6 Å². The topological polar surface area (TPSA) is 158 Å². The summed E-state index contributed by atoms with van der Waals surface area (Å²) in [6, 6.07) is 12.2. The fourth-order valence-corrected chi connectivity index (χ4v) is 4.66. The molecule has 14 heteroatoms. The van der Waals surface area contributed by atoms with Crippen LogP contribution in [0.4, 0.5) is 10.5 Å². The van der Waals surface area contributed by atoms with E-state index in [2.05, 4.69) is 46.0 Å². The summed E-state index contributed by atoms with van der Waals surface area (Å²) in [7, 11) is 1.31. The number of carbonyl (C=O) groups is 2. The number of aromatic amines is 1. The van der Waals surface area contributed by atoms with Crippen molar-refractivity contribution < 1.29 is 14.3 Å². The van der Waals surface area contributed by atoms with Crippen LogP contribution in [0.2, 0.25) is 5.02 Å². The maximum Gasteiger partial charge on any atom is 0.411 e. The summed E-state index contributed by atoms with van der Waals surface area (Å²) in [5.74, 6) is 0.457. The Morgan fingerprint density at radius 3 is 2.69 bits per heavy atom. The number of H-pyrrole nitrogens is 1. The van der Waals surface area contributed by atoms with Crippen molar-refractivity contribution in [1.29, 1.82) is 0 Å². The van der Waals surface area contributed by atoms with Crippen molar-refractivity contribution in [2.24, 2.45) is 0 Å². The highest BCUT2D eigenvalue weighted by molar-refractivity contribution is 6.30. The molecule has 0 aliphatic rings. The molecular weight excluding hydrogens is 560 g/mol. The van der Waals surface area contributed by atoms with E-state index in [9.17, 15) is 9.59 Å². The summed E-state index contributed by atoms with van der Waals surface area (Å²) in [4.78, 5) is 32.7. The Labute approximate surface area is 246 Å². The van der Waals surface area contributed by atoms with E-state index in [4.69, 9.17) is 11.6 Å². The normalized spacial score (nSPS) is 11.7. The van der Waals surface area contributed by atoms with Gasteiger partial charge in [-0.05, 0) is 70.8 Å². The lowest BCUT2D eigenvalue weighted by Crippen LogP contribution is -2.31. The molecule has 0 radical (unpaired) electrons. The van der Waals surface area contributed by atoms with Crippen molar-refractivity contribution in [1.82, 2.24) is 45.3 Å². The minimum absolute atomic E-state index is 0.151. The predicted molar refractivity (Wildman–Crippen MR) is 155 cm³/mol. The van der Waals surface area contributed by atoms with Gasteiger partial charge in [0.2, 0.25) is 5.91 Å². The lowest BCUT2D eigenvalue weighted by Gasteiger charge is -2.17. The van der Waals surface area contributed by atoms with E-state index in [1.54, 1.807) is 35.3 Å². The average molecular weight is 589 g/mol. The van der Waals surface area contributed by atoms with Gasteiger partial charge in [-0.25, -0.2) is 14.5 Å². The zero-order valence-electron chi connectivity index (χ0n) is 23.0. The first-order valence-electron chi connectivity index (χ1n) is 13.2. The average Bonchev–Trinajstić information content (AvgIpc) is 3.79. The van der Waals surface area contributed by atoms with Crippen LogP contribution in [-0.2, 0) is 28.9 Å². The van der Waals surface area contributed by atoms with Gasteiger partial charge in [-0.15, -0.1) is 5.10 Å². The van der Waals surface area contributed by atoms with Gasteiger partial charge < -0.3 is 15.0 Å². The molecule has 0 aliphatic carbocycles. The Bertz CT molecular complexity index is 1650. The molecule has 3 N–H and O–H groups in total. The van der Waals surface area contributed by atoms with Crippen LogP contribution in [-0.4, -0.2) is 59.1 Å². The van der Waals surface area contributed by atoms with E-state index in [0.29, 0.717) is 29.4 Å². The molecular formula is C28H29ClN10O3. The summed E-state index contributed by atoms with van der Waals surface area (Å²) in [5.41, 5.74) is 4.80. The molecule has 42 heavy (non-hydrogen) atoms. The van der Waals surface area contributed by atoms with Gasteiger partial charge >= 0.3 is 6.09 Å². The lowest BCUT2D eigenvalue weighted by molar-refractivity contribution is -0.121. The number of halogens is 1. The Hall–Kier alpha value is -5.04. The van der Waals surface area contributed by atoms with Gasteiger partial charge in [0.15, 0.2) is 0 Å². The maximum atomic E-state index is 13.3. The minimum atomic E-state index is -0.543. The molecule has 1 atom stereocenters. The predicted octanol–water partition coefficient (Wildman–Crippen LogP) is 4.13. The van der Waals surface area contributed by atoms with E-state index in [1.807, 2.05) is 42.1 Å². The molecule has 5 rings (SSSR count). The second kappa shape index (κ2) is 13.1. The number of nitrogens with zero attached hydrogens (tertiary/aromatic N) is 7. The van der Waals surface area contributed by atoms with Gasteiger partial charge in [-0.2, -0.15) is 5.10 Å². The highest BCUT2D eigenvalue weighted by Crippen LogP contribution is 2.24. The monoisotopic (exact) mass is 588 g/mol. The molecule has 0 aliphatic heterocycles. The van der Waals surface area contributed by atoms with E-state index in [-0.39, 0.29) is 12.3 Å². The Balaban J connectivity index is 1.32. The van der Waals surface area contributed by atoms with Gasteiger partial charge in [-0.1, -0.05) is 23.7 Å². The van der Waals surface area contributed by atoms with Crippen LogP contribution in [0.15, 0.2) is 67.4 Å². The molecule has 0 saturated carbocycles. The van der Waals surface area contributed by atoms with Crippen LogP contribution >= 0.6 is 11.6 Å². The van der Waals surface area contributed by atoms with E-state index < -0.39 is 12.1 Å². The number of hydrogen-bond donors (Lipinski definition) is 3. The Morgan fingerprint density at radius 1 is 1.14 bits per heavy atom. The van der Waals surface area contributed by atoms with E-state index in [1.165, 1.54) is 13.4 Å². The number of aromatic nitrogens is 8. The number of rotatable bonds is 11. The molecule has 3 heterocycles. The third kappa shape index (κ3) is 6.99. The fourth-order valence-electron chi connectivity index (χ4n) is 4.46. The van der Waals surface area contributed by atoms with Gasteiger partial charge in [-0.3, -0.25) is 14.8 Å². The van der Waals surface area contributed by atoms with Gasteiger partial charge in [0.05, 0.1) is 36.9 Å². The van der Waals surface area contributed by atoms with Crippen molar-refractivity contribution in [2.45, 2.75) is 38.8 Å². The first-order chi connectivity index (χ1) is 20.4. The molecule has 13 nitrogen and oxygen atoms in total. The molecule has 216 valence electrons. The third-order valence-corrected chi connectivity index (χ3v) is 6.83. The molecule has 2 amide bonds. The van der Waals surface area contributed by atoms with Crippen molar-refractivity contribution in [3.63, 3.8) is 0 Å². The van der Waals surface area contributed by atoms with Crippen LogP contribution in [0.5, 0.6) is 0 Å². The van der Waals surface area contributed by atoms with Crippen molar-refractivity contribution in [3.05, 3.63) is 89.4 Å². The molecule has 0 saturated heterocycles. The van der Waals surface area contributed by atoms with Crippen LogP contribution in [0.1, 0.15) is 36.3 Å². The molecule has 2 aromatic carbocycles. The number of aryl methyl sites for hydroxylation is 2. The summed E-state index contributed by atoms with van der Waals surface area (Å²) < 4.78 is 8.02. The second-order valence-corrected chi connectivity index (χ2v) is 9.87. The molecule has 0 bridgehead atoms. The summed E-state index contributed by atoms with van der Waals surface area (Å²) >= 11 is 6.25. The zero-order chi connectivity index (χ0) is 29.5. The van der Waals surface area contributed by atoms with Crippen molar-refractivity contribution in [3.8, 4) is 16.9 Å². The quantitative estimate of drug-likeness (QED) is 0.208.